The molecule has 0 aromatic rings. The molecule has 15 nitrogen and oxygen atoms in total. The van der Waals surface area contributed by atoms with E-state index in [0.717, 1.165) is 44.9 Å². The van der Waals surface area contributed by atoms with Gasteiger partial charge in [0.2, 0.25) is 18.2 Å². The molecule has 0 bridgehead atoms. The van der Waals surface area contributed by atoms with Gasteiger partial charge in [-0.2, -0.15) is 6.42 Å². The molecule has 0 heterocycles. The first-order valence-electron chi connectivity index (χ1n) is 23.0. The summed E-state index contributed by atoms with van der Waals surface area (Å²) in [5, 5.41) is 24.2. The van der Waals surface area contributed by atoms with Crippen molar-refractivity contribution >= 4 is 31.0 Å². The maximum Gasteiger partial charge on any atom is 0.303 e. The van der Waals surface area contributed by atoms with E-state index in [1.165, 1.54) is 64.8 Å². The number of unbranched alkanes of at least 4 members (excludes halogenated alkanes) is 13. The van der Waals surface area contributed by atoms with Gasteiger partial charge in [-0.15, -0.1) is 0 Å². The Morgan fingerprint density at radius 1 is 0.581 bits per heavy atom. The largest absolute Gasteiger partial charge is 0.513 e. The average Bonchev–Trinajstić information content (AvgIpc) is 3.28. The van der Waals surface area contributed by atoms with E-state index in [4.69, 9.17) is 33.6 Å². The molecule has 1 radical (unpaired) electrons. The standard InChI is InChI=1S/C37H69N2O9.3C2H6.CH3NO.CH5N.CH2O.Y/c1-3-23-38-36(42)32-48-31-30-46-26-18-25-45-28-29-47-27-24-39-35(41)22-21-34(33(2)40)19-16-14-12-10-8-6-4-5-7-9-11-13-15-17-20-37(43)44;3*1-2;2-1-3;2*1-2;/h34,40H,1-32H2,(H,38,42)(H,39,41)(H,43,44);3*1-2H3;1H,(H2,2,3);2H2,1H3;1H2;/q-1;;;;;;;. The van der Waals surface area contributed by atoms with Crippen molar-refractivity contribution in [2.24, 2.45) is 17.4 Å². The van der Waals surface area contributed by atoms with Crippen molar-refractivity contribution < 1.29 is 85.8 Å². The number of hydrogen-bond donors (Lipinski definition) is 6. The molecular formula is C46H97N4O11Y-. The van der Waals surface area contributed by atoms with Gasteiger partial charge in [-0.25, -0.2) is 0 Å². The first-order valence-corrected chi connectivity index (χ1v) is 23.0. The SMILES string of the molecule is C=C(O)C(CCCCCCCCCCCCCCCCC(=O)O)CCC(=O)NCCOCCOCCCOCCOCC(=O)NCC[CH2-].C=O.CC.CC.CC.CN.NC=O.[Y]. The minimum atomic E-state index is -0.688. The van der Waals surface area contributed by atoms with Crippen LogP contribution < -0.4 is 22.1 Å². The summed E-state index contributed by atoms with van der Waals surface area (Å²) in [7, 11) is 1.50. The Morgan fingerprint density at radius 3 is 1.35 bits per heavy atom. The molecule has 0 spiro atoms. The maximum absolute atomic E-state index is 12.2. The molecule has 8 N–H and O–H groups in total. The topological polar surface area (TPSA) is 239 Å². The van der Waals surface area contributed by atoms with Gasteiger partial charge in [-0.1, -0.05) is 132 Å². The van der Waals surface area contributed by atoms with Crippen LogP contribution in [0.3, 0.4) is 0 Å². The number of aliphatic hydroxyl groups excluding tert-OH is 1. The van der Waals surface area contributed by atoms with Crippen LogP contribution in [0.1, 0.15) is 170 Å². The monoisotopic (exact) mass is 971 g/mol. The summed E-state index contributed by atoms with van der Waals surface area (Å²) in [6.07, 6.45) is 20.3. The number of aliphatic hydroxyl groups is 1. The number of rotatable bonds is 38. The summed E-state index contributed by atoms with van der Waals surface area (Å²) in [5.41, 5.74) is 8.67. The van der Waals surface area contributed by atoms with E-state index in [0.29, 0.717) is 85.0 Å². The summed E-state index contributed by atoms with van der Waals surface area (Å²) in [6.45, 7) is 25.7. The summed E-state index contributed by atoms with van der Waals surface area (Å²) >= 11 is 0. The number of primary amides is 1. The average molecular weight is 971 g/mol. The quantitative estimate of drug-likeness (QED) is 0.0148. The first kappa shape index (κ1) is 77.2. The number of hydrogen-bond acceptors (Lipinski definition) is 11. The maximum atomic E-state index is 12.2. The molecule has 3 amide bonds. The molecule has 0 aromatic heterocycles. The van der Waals surface area contributed by atoms with E-state index in [1.807, 2.05) is 48.3 Å². The Morgan fingerprint density at radius 2 is 0.952 bits per heavy atom. The van der Waals surface area contributed by atoms with E-state index in [2.05, 4.69) is 35.6 Å². The zero-order valence-electron chi connectivity index (χ0n) is 40.8. The fraction of sp³-hybridized carbons (Fsp3) is 0.826. The number of nitrogens with two attached hydrogens (primary N) is 2. The van der Waals surface area contributed by atoms with E-state index < -0.39 is 5.97 Å². The molecule has 1 unspecified atom stereocenters. The van der Waals surface area contributed by atoms with Crippen LogP contribution in [0.4, 0.5) is 0 Å². The zero-order chi connectivity index (χ0) is 48.0. The normalized spacial score (nSPS) is 9.76. The second-order valence-electron chi connectivity index (χ2n) is 12.5. The number of aliphatic carboxylic acids is 1. The van der Waals surface area contributed by atoms with Gasteiger partial charge in [0.15, 0.2) is 0 Å². The van der Waals surface area contributed by atoms with Gasteiger partial charge < -0.3 is 63.0 Å². The van der Waals surface area contributed by atoms with Crippen LogP contribution in [-0.2, 0) is 75.6 Å². The second-order valence-corrected chi connectivity index (χ2v) is 12.5. The van der Waals surface area contributed by atoms with Gasteiger partial charge in [-0.05, 0) is 39.3 Å². The Labute approximate surface area is 405 Å². The van der Waals surface area contributed by atoms with Crippen LogP contribution in [0.5, 0.6) is 0 Å². The predicted octanol–water partition coefficient (Wildman–Crippen LogP) is 8.26. The zero-order valence-corrected chi connectivity index (χ0v) is 43.6. The third-order valence-corrected chi connectivity index (χ3v) is 8.01. The first-order chi connectivity index (χ1) is 29.8. The van der Waals surface area contributed by atoms with Crippen LogP contribution in [0.2, 0.25) is 0 Å². The van der Waals surface area contributed by atoms with Crippen molar-refractivity contribution in [2.75, 3.05) is 73.0 Å². The fourth-order valence-corrected chi connectivity index (χ4v) is 5.17. The second kappa shape index (κ2) is 79.4. The van der Waals surface area contributed by atoms with Crippen molar-refractivity contribution in [1.82, 2.24) is 10.6 Å². The number of ether oxygens (including phenoxy) is 4. The van der Waals surface area contributed by atoms with Gasteiger partial charge in [0, 0.05) is 71.2 Å². The molecule has 0 rings (SSSR count). The number of carboxylic acids is 1. The molecular weight excluding hydrogens is 873 g/mol. The van der Waals surface area contributed by atoms with Gasteiger partial charge in [0.05, 0.1) is 38.8 Å². The summed E-state index contributed by atoms with van der Waals surface area (Å²) < 4.78 is 21.7. The van der Waals surface area contributed by atoms with E-state index in [-0.39, 0.29) is 69.2 Å². The van der Waals surface area contributed by atoms with Crippen LogP contribution in [-0.4, -0.2) is 114 Å². The van der Waals surface area contributed by atoms with E-state index >= 15 is 0 Å². The third kappa shape index (κ3) is 81.8. The summed E-state index contributed by atoms with van der Waals surface area (Å²) in [5.74, 6) is -0.741. The van der Waals surface area contributed by atoms with E-state index in [1.54, 1.807) is 0 Å². The van der Waals surface area contributed by atoms with Gasteiger partial charge in [0.1, 0.15) is 13.4 Å². The number of allylic oxidation sites excluding steroid dienone is 1. The molecule has 0 saturated carbocycles. The molecule has 0 fully saturated rings. The molecule has 371 valence electrons. The predicted molar refractivity (Wildman–Crippen MR) is 251 cm³/mol. The third-order valence-electron chi connectivity index (χ3n) is 8.01. The van der Waals surface area contributed by atoms with Crippen LogP contribution >= 0.6 is 0 Å². The molecule has 0 aliphatic rings. The Balaban J connectivity index is -0.000000313. The van der Waals surface area contributed by atoms with Crippen LogP contribution in [0.25, 0.3) is 0 Å². The summed E-state index contributed by atoms with van der Waals surface area (Å²) in [4.78, 5) is 50.7. The van der Waals surface area contributed by atoms with Crippen LogP contribution in [0.15, 0.2) is 12.3 Å². The number of carbonyl (C=O) groups excluding carboxylic acids is 4. The molecule has 1 atom stereocenters. The van der Waals surface area contributed by atoms with Crippen molar-refractivity contribution in [3.8, 4) is 0 Å². The molecule has 62 heavy (non-hydrogen) atoms. The minimum absolute atomic E-state index is 0. The van der Waals surface area contributed by atoms with Crippen molar-refractivity contribution in [2.45, 2.75) is 170 Å². The summed E-state index contributed by atoms with van der Waals surface area (Å²) in [6, 6.07) is 0. The molecule has 0 saturated heterocycles. The number of carboxylic acid groups (broad SMARTS) is 1. The van der Waals surface area contributed by atoms with E-state index in [9.17, 15) is 19.5 Å². The number of nitrogens with one attached hydrogen (secondary N) is 2. The minimum Gasteiger partial charge on any atom is -0.513 e. The Hall–Kier alpha value is -2.01. The van der Waals surface area contributed by atoms with Gasteiger partial charge in [0.25, 0.3) is 0 Å². The molecule has 16 heteroatoms. The Kier molecular flexibility index (Phi) is 98.9. The van der Waals surface area contributed by atoms with Gasteiger partial charge in [-0.3, -0.25) is 19.2 Å². The molecule has 0 aliphatic carbocycles. The van der Waals surface area contributed by atoms with Crippen molar-refractivity contribution in [3.05, 3.63) is 19.3 Å². The Bertz CT molecular complexity index is 864. The molecule has 0 aromatic carbocycles. The smallest absolute Gasteiger partial charge is 0.303 e. The number of amides is 3. The van der Waals surface area contributed by atoms with Gasteiger partial charge >= 0.3 is 5.97 Å². The number of carbonyl (C=O) groups is 5. The molecule has 0 aliphatic heterocycles. The fourth-order valence-electron chi connectivity index (χ4n) is 5.17. The van der Waals surface area contributed by atoms with Crippen molar-refractivity contribution in [1.29, 1.82) is 0 Å². The van der Waals surface area contributed by atoms with Crippen LogP contribution in [0, 0.1) is 12.8 Å². The van der Waals surface area contributed by atoms with Crippen molar-refractivity contribution in [3.63, 3.8) is 0 Å².